The van der Waals surface area contributed by atoms with E-state index in [0.29, 0.717) is 11.6 Å². The van der Waals surface area contributed by atoms with Crippen molar-refractivity contribution in [1.29, 1.82) is 5.41 Å². The number of nitrogens with zero attached hydrogens (tertiary/aromatic N) is 1. The Labute approximate surface area is 113 Å². The Balaban J connectivity index is 1.95. The number of hydrogen-bond donors (Lipinski definition) is 2. The van der Waals surface area contributed by atoms with Crippen LogP contribution in [0.2, 0.25) is 0 Å². The molecule has 3 rings (SSSR count). The van der Waals surface area contributed by atoms with Gasteiger partial charge in [0.2, 0.25) is 0 Å². The lowest BCUT2D eigenvalue weighted by atomic mass is 9.85. The fourth-order valence-electron chi connectivity index (χ4n) is 3.68. The number of nitrogens with one attached hydrogen (secondary N) is 1. The lowest BCUT2D eigenvalue weighted by Crippen LogP contribution is -2.36. The summed E-state index contributed by atoms with van der Waals surface area (Å²) in [7, 11) is 0. The summed E-state index contributed by atoms with van der Waals surface area (Å²) in [4.78, 5) is 2.35. The zero-order chi connectivity index (χ0) is 13.4. The molecule has 3 nitrogen and oxygen atoms in total. The first kappa shape index (κ1) is 12.5. The summed E-state index contributed by atoms with van der Waals surface area (Å²) in [5, 5.41) is 7.65. The van der Waals surface area contributed by atoms with Gasteiger partial charge in [0, 0.05) is 23.8 Å². The van der Waals surface area contributed by atoms with Gasteiger partial charge in [-0.1, -0.05) is 12.8 Å². The normalized spacial score (nSPS) is 26.3. The number of halogens is 1. The molecule has 3 N–H and O–H groups in total. The smallest absolute Gasteiger partial charge is 0.125 e. The number of nitrogen functional groups attached to an aromatic ring is 1. The average molecular weight is 261 g/mol. The lowest BCUT2D eigenvalue weighted by Gasteiger charge is -2.34. The second kappa shape index (κ2) is 4.83. The number of fused-ring (bicyclic) bond motifs is 1. The van der Waals surface area contributed by atoms with Gasteiger partial charge in [0.05, 0.1) is 0 Å². The molecule has 0 spiro atoms. The van der Waals surface area contributed by atoms with Crippen molar-refractivity contribution in [1.82, 2.24) is 0 Å². The monoisotopic (exact) mass is 261 g/mol. The van der Waals surface area contributed by atoms with E-state index in [1.54, 1.807) is 6.07 Å². The third kappa shape index (κ3) is 2.20. The fraction of sp³-hybridized carbons (Fsp3) is 0.533. The van der Waals surface area contributed by atoms with Crippen LogP contribution in [0.1, 0.15) is 37.7 Å². The van der Waals surface area contributed by atoms with Crippen LogP contribution in [-0.4, -0.2) is 18.4 Å². The SMILES string of the molecule is N=C(N)c1cc(F)ccc1N1CCC2CCCCC21. The first-order valence-corrected chi connectivity index (χ1v) is 7.07. The maximum atomic E-state index is 13.4. The third-order valence-corrected chi connectivity index (χ3v) is 4.57. The van der Waals surface area contributed by atoms with Gasteiger partial charge in [-0.25, -0.2) is 4.39 Å². The van der Waals surface area contributed by atoms with E-state index in [-0.39, 0.29) is 11.7 Å². The molecule has 102 valence electrons. The Hall–Kier alpha value is -1.58. The highest BCUT2D eigenvalue weighted by molar-refractivity contribution is 6.00. The fourth-order valence-corrected chi connectivity index (χ4v) is 3.68. The van der Waals surface area contributed by atoms with Gasteiger partial charge in [0.1, 0.15) is 11.7 Å². The van der Waals surface area contributed by atoms with Crippen molar-refractivity contribution in [3.63, 3.8) is 0 Å². The maximum Gasteiger partial charge on any atom is 0.125 e. The molecule has 19 heavy (non-hydrogen) atoms. The Kier molecular flexibility index (Phi) is 3.17. The maximum absolute atomic E-state index is 13.4. The van der Waals surface area contributed by atoms with E-state index in [4.69, 9.17) is 11.1 Å². The van der Waals surface area contributed by atoms with Crippen LogP contribution < -0.4 is 10.6 Å². The van der Waals surface area contributed by atoms with Gasteiger partial charge in [-0.15, -0.1) is 0 Å². The minimum atomic E-state index is -0.326. The molecule has 0 aromatic heterocycles. The summed E-state index contributed by atoms with van der Waals surface area (Å²) in [5.74, 6) is 0.390. The van der Waals surface area contributed by atoms with Crippen molar-refractivity contribution in [2.45, 2.75) is 38.1 Å². The zero-order valence-corrected chi connectivity index (χ0v) is 11.0. The van der Waals surface area contributed by atoms with Crippen LogP contribution in [0.15, 0.2) is 18.2 Å². The van der Waals surface area contributed by atoms with Gasteiger partial charge in [-0.3, -0.25) is 5.41 Å². The van der Waals surface area contributed by atoms with Crippen LogP contribution in [0.25, 0.3) is 0 Å². The molecule has 0 bridgehead atoms. The highest BCUT2D eigenvalue weighted by Gasteiger charge is 2.36. The molecule has 4 heteroatoms. The van der Waals surface area contributed by atoms with E-state index in [2.05, 4.69) is 4.90 Å². The molecule has 2 unspecified atom stereocenters. The highest BCUT2D eigenvalue weighted by atomic mass is 19.1. The Morgan fingerprint density at radius 1 is 1.26 bits per heavy atom. The van der Waals surface area contributed by atoms with Crippen molar-refractivity contribution in [3.8, 4) is 0 Å². The van der Waals surface area contributed by atoms with Crippen molar-refractivity contribution >= 4 is 11.5 Å². The van der Waals surface area contributed by atoms with Crippen LogP contribution in [0.5, 0.6) is 0 Å². The van der Waals surface area contributed by atoms with E-state index >= 15 is 0 Å². The number of rotatable bonds is 2. The number of nitrogens with two attached hydrogens (primary N) is 1. The summed E-state index contributed by atoms with van der Waals surface area (Å²) in [6, 6.07) is 5.19. The van der Waals surface area contributed by atoms with Crippen LogP contribution in [-0.2, 0) is 0 Å². The van der Waals surface area contributed by atoms with E-state index in [1.807, 2.05) is 0 Å². The average Bonchev–Trinajstić information content (AvgIpc) is 2.82. The van der Waals surface area contributed by atoms with Gasteiger partial charge < -0.3 is 10.6 Å². The second-order valence-electron chi connectivity index (χ2n) is 5.67. The molecule has 1 aromatic rings. The molecule has 1 heterocycles. The van der Waals surface area contributed by atoms with E-state index in [1.165, 1.54) is 44.2 Å². The Morgan fingerprint density at radius 2 is 2.05 bits per heavy atom. The minimum absolute atomic E-state index is 0.0474. The van der Waals surface area contributed by atoms with E-state index in [9.17, 15) is 4.39 Å². The van der Waals surface area contributed by atoms with Crippen molar-refractivity contribution < 1.29 is 4.39 Å². The molecule has 0 radical (unpaired) electrons. The summed E-state index contributed by atoms with van der Waals surface area (Å²) >= 11 is 0. The standard InChI is InChI=1S/C15H20FN3/c16-11-5-6-14(12(9-11)15(17)18)19-8-7-10-3-1-2-4-13(10)19/h5-6,9-10,13H,1-4,7-8H2,(H3,17,18). The first-order chi connectivity index (χ1) is 9.16. The van der Waals surface area contributed by atoms with E-state index < -0.39 is 0 Å². The summed E-state index contributed by atoms with van der Waals surface area (Å²) in [6.07, 6.45) is 6.32. The quantitative estimate of drug-likeness (QED) is 0.635. The summed E-state index contributed by atoms with van der Waals surface area (Å²) < 4.78 is 13.4. The third-order valence-electron chi connectivity index (χ3n) is 4.57. The van der Waals surface area contributed by atoms with Crippen molar-refractivity contribution in [3.05, 3.63) is 29.6 Å². The molecule has 1 aliphatic carbocycles. The number of hydrogen-bond acceptors (Lipinski definition) is 2. The molecule has 1 aromatic carbocycles. The van der Waals surface area contributed by atoms with Crippen LogP contribution >= 0.6 is 0 Å². The number of anilines is 1. The molecule has 2 aliphatic rings. The van der Waals surface area contributed by atoms with Gasteiger partial charge in [0.15, 0.2) is 0 Å². The molecular formula is C15H20FN3. The minimum Gasteiger partial charge on any atom is -0.384 e. The molecule has 1 aliphatic heterocycles. The topological polar surface area (TPSA) is 53.1 Å². The van der Waals surface area contributed by atoms with Crippen LogP contribution in [0.3, 0.4) is 0 Å². The molecular weight excluding hydrogens is 241 g/mol. The summed E-state index contributed by atoms with van der Waals surface area (Å²) in [6.45, 7) is 1.00. The molecule has 1 saturated heterocycles. The second-order valence-corrected chi connectivity index (χ2v) is 5.67. The molecule has 2 fully saturated rings. The first-order valence-electron chi connectivity index (χ1n) is 7.07. The lowest BCUT2D eigenvalue weighted by molar-refractivity contribution is 0.342. The van der Waals surface area contributed by atoms with E-state index in [0.717, 1.165) is 18.2 Å². The van der Waals surface area contributed by atoms with Crippen molar-refractivity contribution in [2.75, 3.05) is 11.4 Å². The zero-order valence-electron chi connectivity index (χ0n) is 11.0. The van der Waals surface area contributed by atoms with Gasteiger partial charge in [-0.2, -0.15) is 0 Å². The Morgan fingerprint density at radius 3 is 2.84 bits per heavy atom. The van der Waals surface area contributed by atoms with Gasteiger partial charge >= 0.3 is 0 Å². The molecule has 1 saturated carbocycles. The summed E-state index contributed by atoms with van der Waals surface area (Å²) in [5.41, 5.74) is 7.08. The highest BCUT2D eigenvalue weighted by Crippen LogP contribution is 2.39. The predicted octanol–water partition coefficient (Wildman–Crippen LogP) is 2.88. The predicted molar refractivity (Wildman–Crippen MR) is 75.1 cm³/mol. The van der Waals surface area contributed by atoms with Gasteiger partial charge in [0.25, 0.3) is 0 Å². The van der Waals surface area contributed by atoms with Crippen LogP contribution in [0.4, 0.5) is 10.1 Å². The van der Waals surface area contributed by atoms with Crippen molar-refractivity contribution in [2.24, 2.45) is 11.7 Å². The van der Waals surface area contributed by atoms with Gasteiger partial charge in [-0.05, 0) is 43.4 Å². The number of amidine groups is 1. The van der Waals surface area contributed by atoms with Crippen LogP contribution in [0, 0.1) is 17.1 Å². The number of benzene rings is 1. The largest absolute Gasteiger partial charge is 0.384 e. The molecule has 2 atom stereocenters. The molecule has 0 amide bonds. The Bertz CT molecular complexity index is 500.